The average Bonchev–Trinajstić information content (AvgIpc) is 2.32. The van der Waals surface area contributed by atoms with Crippen molar-refractivity contribution in [2.24, 2.45) is 0 Å². The zero-order valence-electron chi connectivity index (χ0n) is 10.00. The quantitative estimate of drug-likeness (QED) is 0.755. The van der Waals surface area contributed by atoms with Crippen molar-refractivity contribution in [1.29, 1.82) is 0 Å². The first kappa shape index (κ1) is 14.3. The molecule has 0 radical (unpaired) electrons. The van der Waals surface area contributed by atoms with Crippen LogP contribution in [0.1, 0.15) is 23.7 Å². The lowest BCUT2D eigenvalue weighted by Crippen LogP contribution is -2.30. The highest BCUT2D eigenvalue weighted by Gasteiger charge is 2.11. The molecule has 1 aromatic rings. The first-order valence-corrected chi connectivity index (χ1v) is 5.95. The molecular formula is C12H15ClN2O3. The number of hydrogen-bond acceptors (Lipinski definition) is 3. The maximum atomic E-state index is 11.7. The Morgan fingerprint density at radius 2 is 2.06 bits per heavy atom. The van der Waals surface area contributed by atoms with Crippen LogP contribution >= 0.6 is 11.6 Å². The number of carbonyl (C=O) groups excluding carboxylic acids is 2. The second-order valence-electron chi connectivity index (χ2n) is 3.62. The van der Waals surface area contributed by atoms with Gasteiger partial charge in [-0.15, -0.1) is 0 Å². The van der Waals surface area contributed by atoms with Gasteiger partial charge in [0, 0.05) is 19.5 Å². The van der Waals surface area contributed by atoms with E-state index in [2.05, 4.69) is 10.6 Å². The molecule has 3 N–H and O–H groups in total. The van der Waals surface area contributed by atoms with Crippen molar-refractivity contribution in [2.75, 3.05) is 13.1 Å². The molecule has 0 aromatic heterocycles. The van der Waals surface area contributed by atoms with Gasteiger partial charge >= 0.3 is 0 Å². The number of hydrogen-bond donors (Lipinski definition) is 3. The van der Waals surface area contributed by atoms with E-state index in [0.717, 1.165) is 0 Å². The topological polar surface area (TPSA) is 78.4 Å². The van der Waals surface area contributed by atoms with Crippen molar-refractivity contribution in [1.82, 2.24) is 10.6 Å². The molecule has 2 amide bonds. The Kier molecular flexibility index (Phi) is 5.45. The summed E-state index contributed by atoms with van der Waals surface area (Å²) in [5.41, 5.74) is 0.188. The zero-order chi connectivity index (χ0) is 13.5. The van der Waals surface area contributed by atoms with E-state index in [0.29, 0.717) is 6.54 Å². The second kappa shape index (κ2) is 6.86. The minimum absolute atomic E-state index is 0.0340. The first-order chi connectivity index (χ1) is 8.54. The van der Waals surface area contributed by atoms with Gasteiger partial charge in [-0.3, -0.25) is 9.59 Å². The maximum absolute atomic E-state index is 11.7. The second-order valence-corrected chi connectivity index (χ2v) is 4.03. The lowest BCUT2D eigenvalue weighted by atomic mass is 10.2. The number of benzene rings is 1. The maximum Gasteiger partial charge on any atom is 0.252 e. The number of halogens is 1. The van der Waals surface area contributed by atoms with Crippen molar-refractivity contribution in [2.45, 2.75) is 13.3 Å². The Bertz CT molecular complexity index is 449. The van der Waals surface area contributed by atoms with Gasteiger partial charge in [0.05, 0.1) is 10.6 Å². The lowest BCUT2D eigenvalue weighted by molar-refractivity contribution is -0.120. The van der Waals surface area contributed by atoms with E-state index >= 15 is 0 Å². The Morgan fingerprint density at radius 1 is 1.33 bits per heavy atom. The Labute approximate surface area is 110 Å². The molecule has 0 aliphatic rings. The SMILES string of the molecule is CCNC(=O)CCNC(=O)c1cc(O)ccc1Cl. The van der Waals surface area contributed by atoms with Gasteiger partial charge in [-0.1, -0.05) is 11.6 Å². The number of nitrogens with one attached hydrogen (secondary N) is 2. The number of rotatable bonds is 5. The molecule has 0 bridgehead atoms. The van der Waals surface area contributed by atoms with Crippen LogP contribution in [-0.2, 0) is 4.79 Å². The van der Waals surface area contributed by atoms with Gasteiger partial charge in [-0.25, -0.2) is 0 Å². The minimum atomic E-state index is -0.416. The molecule has 0 fully saturated rings. The lowest BCUT2D eigenvalue weighted by Gasteiger charge is -2.07. The van der Waals surface area contributed by atoms with E-state index in [4.69, 9.17) is 11.6 Å². The molecule has 0 saturated carbocycles. The molecule has 1 rings (SSSR count). The molecule has 6 heteroatoms. The van der Waals surface area contributed by atoms with Crippen LogP contribution in [0.5, 0.6) is 5.75 Å². The summed E-state index contributed by atoms with van der Waals surface area (Å²) < 4.78 is 0. The number of phenolic OH excluding ortho intramolecular Hbond substituents is 1. The van der Waals surface area contributed by atoms with Gasteiger partial charge in [0.15, 0.2) is 0 Å². The average molecular weight is 271 g/mol. The molecule has 0 aliphatic heterocycles. The summed E-state index contributed by atoms with van der Waals surface area (Å²) in [4.78, 5) is 22.9. The zero-order valence-corrected chi connectivity index (χ0v) is 10.8. The fourth-order valence-electron chi connectivity index (χ4n) is 1.36. The fourth-order valence-corrected chi connectivity index (χ4v) is 1.56. The smallest absolute Gasteiger partial charge is 0.252 e. The molecule has 0 unspecified atom stereocenters. The molecular weight excluding hydrogens is 256 g/mol. The van der Waals surface area contributed by atoms with Crippen LogP contribution in [0.3, 0.4) is 0 Å². The molecule has 5 nitrogen and oxygen atoms in total. The minimum Gasteiger partial charge on any atom is -0.508 e. The van der Waals surface area contributed by atoms with Gasteiger partial charge in [0.25, 0.3) is 5.91 Å². The third-order valence-corrected chi connectivity index (χ3v) is 2.54. The van der Waals surface area contributed by atoms with Crippen LogP contribution < -0.4 is 10.6 Å². The van der Waals surface area contributed by atoms with E-state index < -0.39 is 5.91 Å². The van der Waals surface area contributed by atoms with Crippen molar-refractivity contribution in [3.8, 4) is 5.75 Å². The Hall–Kier alpha value is -1.75. The van der Waals surface area contributed by atoms with E-state index in [-0.39, 0.29) is 35.2 Å². The van der Waals surface area contributed by atoms with E-state index in [1.807, 2.05) is 6.92 Å². The molecule has 0 atom stereocenters. The van der Waals surface area contributed by atoms with Crippen LogP contribution in [0.4, 0.5) is 0 Å². The van der Waals surface area contributed by atoms with E-state index in [1.165, 1.54) is 18.2 Å². The van der Waals surface area contributed by atoms with Gasteiger partial charge in [0.1, 0.15) is 5.75 Å². The van der Waals surface area contributed by atoms with Gasteiger partial charge < -0.3 is 15.7 Å². The summed E-state index contributed by atoms with van der Waals surface area (Å²) >= 11 is 5.83. The van der Waals surface area contributed by atoms with Crippen LogP contribution in [0.2, 0.25) is 5.02 Å². The van der Waals surface area contributed by atoms with Crippen LogP contribution in [0, 0.1) is 0 Å². The van der Waals surface area contributed by atoms with Crippen LogP contribution in [-0.4, -0.2) is 30.0 Å². The first-order valence-electron chi connectivity index (χ1n) is 5.58. The third-order valence-electron chi connectivity index (χ3n) is 2.21. The normalized spacial score (nSPS) is 9.89. The fraction of sp³-hybridized carbons (Fsp3) is 0.333. The molecule has 0 aliphatic carbocycles. The standard InChI is InChI=1S/C12H15ClN2O3/c1-2-14-11(17)5-6-15-12(18)9-7-8(16)3-4-10(9)13/h3-4,7,16H,2,5-6H2,1H3,(H,14,17)(H,15,18). The summed E-state index contributed by atoms with van der Waals surface area (Å²) in [6.45, 7) is 2.60. The number of phenols is 1. The monoisotopic (exact) mass is 270 g/mol. The van der Waals surface area contributed by atoms with Crippen molar-refractivity contribution < 1.29 is 14.7 Å². The van der Waals surface area contributed by atoms with Crippen LogP contribution in [0.25, 0.3) is 0 Å². The number of carbonyl (C=O) groups is 2. The van der Waals surface area contributed by atoms with Crippen LogP contribution in [0.15, 0.2) is 18.2 Å². The largest absolute Gasteiger partial charge is 0.508 e. The predicted octanol–water partition coefficient (Wildman–Crippen LogP) is 1.30. The summed E-state index contributed by atoms with van der Waals surface area (Å²) in [6.07, 6.45) is 0.204. The molecule has 0 spiro atoms. The molecule has 98 valence electrons. The number of amides is 2. The van der Waals surface area contributed by atoms with Gasteiger partial charge in [-0.2, -0.15) is 0 Å². The molecule has 18 heavy (non-hydrogen) atoms. The summed E-state index contributed by atoms with van der Waals surface area (Å²) in [6, 6.07) is 4.12. The molecule has 0 saturated heterocycles. The highest BCUT2D eigenvalue weighted by atomic mass is 35.5. The molecule has 1 aromatic carbocycles. The molecule has 0 heterocycles. The highest BCUT2D eigenvalue weighted by Crippen LogP contribution is 2.20. The Balaban J connectivity index is 2.50. The summed E-state index contributed by atoms with van der Waals surface area (Å²) in [7, 11) is 0. The van der Waals surface area contributed by atoms with Gasteiger partial charge in [-0.05, 0) is 25.1 Å². The summed E-state index contributed by atoms with van der Waals surface area (Å²) in [5.74, 6) is -0.576. The van der Waals surface area contributed by atoms with Crippen molar-refractivity contribution in [3.63, 3.8) is 0 Å². The highest BCUT2D eigenvalue weighted by molar-refractivity contribution is 6.33. The Morgan fingerprint density at radius 3 is 2.72 bits per heavy atom. The summed E-state index contributed by atoms with van der Waals surface area (Å²) in [5, 5.41) is 14.7. The van der Waals surface area contributed by atoms with Gasteiger partial charge in [0.2, 0.25) is 5.91 Å². The van der Waals surface area contributed by atoms with E-state index in [9.17, 15) is 14.7 Å². The van der Waals surface area contributed by atoms with E-state index in [1.54, 1.807) is 0 Å². The van der Waals surface area contributed by atoms with Crippen molar-refractivity contribution in [3.05, 3.63) is 28.8 Å². The number of aromatic hydroxyl groups is 1. The third kappa shape index (κ3) is 4.25. The predicted molar refractivity (Wildman–Crippen MR) is 68.8 cm³/mol. The van der Waals surface area contributed by atoms with Crippen molar-refractivity contribution >= 4 is 23.4 Å².